The molecule has 0 bridgehead atoms. The Balaban J connectivity index is 2.86. The highest BCUT2D eigenvalue weighted by molar-refractivity contribution is 9.10. The van der Waals surface area contributed by atoms with E-state index in [0.29, 0.717) is 22.9 Å². The molecule has 1 atom stereocenters. The summed E-state index contributed by atoms with van der Waals surface area (Å²) in [5, 5.41) is 0.534. The minimum atomic E-state index is 0.121. The van der Waals surface area contributed by atoms with Crippen molar-refractivity contribution in [2.75, 3.05) is 0 Å². The van der Waals surface area contributed by atoms with Gasteiger partial charge < -0.3 is 0 Å². The lowest BCUT2D eigenvalue weighted by Crippen LogP contribution is -2.05. The van der Waals surface area contributed by atoms with Crippen molar-refractivity contribution in [2.24, 2.45) is 5.92 Å². The lowest BCUT2D eigenvalue weighted by molar-refractivity contribution is 0.0964. The zero-order valence-corrected chi connectivity index (χ0v) is 11.2. The maximum atomic E-state index is 11.9. The average Bonchev–Trinajstić information content (AvgIpc) is 2.21. The van der Waals surface area contributed by atoms with Crippen LogP contribution in [0, 0.1) is 5.92 Å². The summed E-state index contributed by atoms with van der Waals surface area (Å²) in [6, 6.07) is 5.37. The first kappa shape index (κ1) is 12.7. The molecule has 1 rings (SSSR count). The van der Waals surface area contributed by atoms with Gasteiger partial charge in [-0.3, -0.25) is 4.79 Å². The summed E-state index contributed by atoms with van der Waals surface area (Å²) in [7, 11) is 0. The molecule has 0 aromatic heterocycles. The van der Waals surface area contributed by atoms with Crippen molar-refractivity contribution in [3.05, 3.63) is 33.3 Å². The molecule has 0 amide bonds. The Hall–Kier alpha value is -0.340. The van der Waals surface area contributed by atoms with Gasteiger partial charge in [-0.05, 0) is 24.1 Å². The molecule has 0 saturated carbocycles. The molecule has 0 radical (unpaired) electrons. The van der Waals surface area contributed by atoms with Crippen molar-refractivity contribution in [1.82, 2.24) is 0 Å². The first-order valence-electron chi connectivity index (χ1n) is 5.02. The highest BCUT2D eigenvalue weighted by Gasteiger charge is 2.13. The molecule has 1 aromatic carbocycles. The maximum absolute atomic E-state index is 11.9. The van der Waals surface area contributed by atoms with Crippen molar-refractivity contribution in [1.29, 1.82) is 0 Å². The van der Waals surface area contributed by atoms with Gasteiger partial charge in [0.15, 0.2) is 5.78 Å². The van der Waals surface area contributed by atoms with Gasteiger partial charge in [0.05, 0.1) is 5.02 Å². The SMILES string of the molecule is CCC(C)CC(=O)c1cc(Br)ccc1Cl. The molecule has 0 saturated heterocycles. The number of carbonyl (C=O) groups is 1. The topological polar surface area (TPSA) is 17.1 Å². The number of hydrogen-bond acceptors (Lipinski definition) is 1. The highest BCUT2D eigenvalue weighted by atomic mass is 79.9. The van der Waals surface area contributed by atoms with Crippen LogP contribution in [0.15, 0.2) is 22.7 Å². The third kappa shape index (κ3) is 3.62. The predicted octanol–water partition coefficient (Wildman–Crippen LogP) is 4.72. The standard InChI is InChI=1S/C12H14BrClO/c1-3-8(2)6-12(15)10-7-9(13)4-5-11(10)14/h4-5,7-8H,3,6H2,1-2H3. The van der Waals surface area contributed by atoms with Crippen LogP contribution in [0.3, 0.4) is 0 Å². The van der Waals surface area contributed by atoms with Crippen LogP contribution in [0.4, 0.5) is 0 Å². The number of benzene rings is 1. The van der Waals surface area contributed by atoms with E-state index in [-0.39, 0.29) is 5.78 Å². The van der Waals surface area contributed by atoms with Crippen molar-refractivity contribution >= 4 is 33.3 Å². The Bertz CT molecular complexity index is 363. The maximum Gasteiger partial charge on any atom is 0.164 e. The summed E-state index contributed by atoms with van der Waals surface area (Å²) in [6.07, 6.45) is 1.57. The van der Waals surface area contributed by atoms with E-state index >= 15 is 0 Å². The van der Waals surface area contributed by atoms with Crippen molar-refractivity contribution in [2.45, 2.75) is 26.7 Å². The van der Waals surface area contributed by atoms with Crippen LogP contribution in [0.5, 0.6) is 0 Å². The van der Waals surface area contributed by atoms with Crippen LogP contribution >= 0.6 is 27.5 Å². The van der Waals surface area contributed by atoms with Crippen LogP contribution in [0.2, 0.25) is 5.02 Å². The van der Waals surface area contributed by atoms with E-state index in [1.165, 1.54) is 0 Å². The molecule has 3 heteroatoms. The number of Topliss-reactive ketones (excluding diaryl/α,β-unsaturated/α-hetero) is 1. The normalized spacial score (nSPS) is 12.5. The van der Waals surface area contributed by atoms with Gasteiger partial charge in [-0.2, -0.15) is 0 Å². The Kier molecular flexibility index (Phi) is 4.81. The molecule has 0 N–H and O–H groups in total. The second-order valence-electron chi connectivity index (χ2n) is 3.76. The molecule has 15 heavy (non-hydrogen) atoms. The van der Waals surface area contributed by atoms with Crippen LogP contribution in [0.25, 0.3) is 0 Å². The van der Waals surface area contributed by atoms with E-state index < -0.39 is 0 Å². The fourth-order valence-corrected chi connectivity index (χ4v) is 1.87. The first-order valence-corrected chi connectivity index (χ1v) is 6.20. The minimum Gasteiger partial charge on any atom is -0.294 e. The number of carbonyl (C=O) groups excluding carboxylic acids is 1. The summed E-state index contributed by atoms with van der Waals surface area (Å²) < 4.78 is 0.888. The van der Waals surface area contributed by atoms with E-state index in [4.69, 9.17) is 11.6 Å². The molecule has 1 nitrogen and oxygen atoms in total. The van der Waals surface area contributed by atoms with Gasteiger partial charge in [0.1, 0.15) is 0 Å². The van der Waals surface area contributed by atoms with Gasteiger partial charge in [0, 0.05) is 16.5 Å². The number of halogens is 2. The monoisotopic (exact) mass is 288 g/mol. The van der Waals surface area contributed by atoms with E-state index in [1.54, 1.807) is 12.1 Å². The van der Waals surface area contributed by atoms with Crippen LogP contribution in [0.1, 0.15) is 37.0 Å². The minimum absolute atomic E-state index is 0.121. The van der Waals surface area contributed by atoms with Crippen molar-refractivity contribution in [3.63, 3.8) is 0 Å². The van der Waals surface area contributed by atoms with Gasteiger partial charge >= 0.3 is 0 Å². The summed E-state index contributed by atoms with van der Waals surface area (Å²) in [4.78, 5) is 11.9. The second-order valence-corrected chi connectivity index (χ2v) is 5.09. The van der Waals surface area contributed by atoms with Gasteiger partial charge in [-0.1, -0.05) is 47.8 Å². The van der Waals surface area contributed by atoms with E-state index in [9.17, 15) is 4.79 Å². The Morgan fingerprint density at radius 2 is 2.20 bits per heavy atom. The number of ketones is 1. The molecule has 0 aliphatic rings. The zero-order valence-electron chi connectivity index (χ0n) is 8.89. The third-order valence-corrected chi connectivity index (χ3v) is 3.28. The van der Waals surface area contributed by atoms with Crippen LogP contribution in [-0.4, -0.2) is 5.78 Å². The van der Waals surface area contributed by atoms with Crippen molar-refractivity contribution < 1.29 is 4.79 Å². The molecule has 1 unspecified atom stereocenters. The summed E-state index contributed by atoms with van der Waals surface area (Å²) in [5.74, 6) is 0.531. The lowest BCUT2D eigenvalue weighted by Gasteiger charge is -2.08. The van der Waals surface area contributed by atoms with E-state index in [0.717, 1.165) is 10.9 Å². The fraction of sp³-hybridized carbons (Fsp3) is 0.417. The van der Waals surface area contributed by atoms with Gasteiger partial charge in [-0.25, -0.2) is 0 Å². The van der Waals surface area contributed by atoms with Crippen molar-refractivity contribution in [3.8, 4) is 0 Å². The molecule has 0 aliphatic carbocycles. The third-order valence-electron chi connectivity index (χ3n) is 2.46. The zero-order chi connectivity index (χ0) is 11.4. The Morgan fingerprint density at radius 1 is 1.53 bits per heavy atom. The quantitative estimate of drug-likeness (QED) is 0.733. The Morgan fingerprint density at radius 3 is 2.80 bits per heavy atom. The van der Waals surface area contributed by atoms with Gasteiger partial charge in [-0.15, -0.1) is 0 Å². The predicted molar refractivity (Wildman–Crippen MR) is 67.6 cm³/mol. The van der Waals surface area contributed by atoms with Gasteiger partial charge in [0.2, 0.25) is 0 Å². The molecular formula is C12H14BrClO. The fourth-order valence-electron chi connectivity index (χ4n) is 1.28. The highest BCUT2D eigenvalue weighted by Crippen LogP contribution is 2.23. The Labute approximate surface area is 104 Å². The lowest BCUT2D eigenvalue weighted by atomic mass is 9.98. The molecule has 1 aromatic rings. The molecule has 0 heterocycles. The molecule has 0 aliphatic heterocycles. The first-order chi connectivity index (χ1) is 7.04. The second kappa shape index (κ2) is 5.66. The summed E-state index contributed by atoms with van der Waals surface area (Å²) in [6.45, 7) is 4.16. The molecular weight excluding hydrogens is 275 g/mol. The molecule has 0 spiro atoms. The summed E-state index contributed by atoms with van der Waals surface area (Å²) in [5.41, 5.74) is 0.617. The summed E-state index contributed by atoms with van der Waals surface area (Å²) >= 11 is 9.31. The van der Waals surface area contributed by atoms with Crippen LogP contribution < -0.4 is 0 Å². The van der Waals surface area contributed by atoms with E-state index in [1.807, 2.05) is 6.07 Å². The largest absolute Gasteiger partial charge is 0.294 e. The smallest absolute Gasteiger partial charge is 0.164 e. The average molecular weight is 290 g/mol. The number of rotatable bonds is 4. The van der Waals surface area contributed by atoms with Crippen LogP contribution in [-0.2, 0) is 0 Å². The van der Waals surface area contributed by atoms with Gasteiger partial charge in [0.25, 0.3) is 0 Å². The molecule has 0 fully saturated rings. The number of hydrogen-bond donors (Lipinski definition) is 0. The van der Waals surface area contributed by atoms with E-state index in [2.05, 4.69) is 29.8 Å². The molecule has 82 valence electrons.